The molecule has 0 bridgehead atoms. The van der Waals surface area contributed by atoms with Crippen LogP contribution in [-0.4, -0.2) is 46.9 Å². The molecule has 0 fully saturated rings. The average molecular weight is 313 g/mol. The predicted molar refractivity (Wildman–Crippen MR) is 86.3 cm³/mol. The number of H-pyrrole nitrogens is 1. The van der Waals surface area contributed by atoms with Crippen molar-refractivity contribution in [2.45, 2.75) is 12.5 Å². The van der Waals surface area contributed by atoms with E-state index in [4.69, 9.17) is 4.74 Å². The molecule has 1 amide bonds. The average Bonchev–Trinajstić information content (AvgIpc) is 3.10. The number of hydrogen-bond acceptors (Lipinski definition) is 4. The van der Waals surface area contributed by atoms with Crippen molar-refractivity contribution in [3.63, 3.8) is 0 Å². The van der Waals surface area contributed by atoms with Crippen LogP contribution in [0, 0.1) is 0 Å². The van der Waals surface area contributed by atoms with Crippen molar-refractivity contribution >= 4 is 18.0 Å². The van der Waals surface area contributed by atoms with Crippen LogP contribution in [0.3, 0.4) is 0 Å². The maximum absolute atomic E-state index is 12.3. The number of ether oxygens (including phenoxy) is 1. The summed E-state index contributed by atoms with van der Waals surface area (Å²) in [6.07, 6.45) is 6.62. The number of hydrogen-bond donors (Lipinski definition) is 1. The quantitative estimate of drug-likeness (QED) is 0.650. The summed E-state index contributed by atoms with van der Waals surface area (Å²) in [6.45, 7) is 0. The van der Waals surface area contributed by atoms with Crippen LogP contribution >= 0.6 is 0 Å². The first-order valence-electron chi connectivity index (χ1n) is 7.17. The van der Waals surface area contributed by atoms with Crippen molar-refractivity contribution in [2.75, 3.05) is 14.2 Å². The fourth-order valence-electron chi connectivity index (χ4n) is 2.12. The minimum atomic E-state index is -0.714. The van der Waals surface area contributed by atoms with Crippen LogP contribution in [-0.2, 0) is 20.7 Å². The first-order chi connectivity index (χ1) is 11.1. The van der Waals surface area contributed by atoms with E-state index in [-0.39, 0.29) is 5.91 Å². The number of nitrogens with zero attached hydrogens (tertiary/aromatic N) is 2. The van der Waals surface area contributed by atoms with E-state index in [9.17, 15) is 9.59 Å². The molecular weight excluding hydrogens is 294 g/mol. The zero-order valence-electron chi connectivity index (χ0n) is 13.1. The van der Waals surface area contributed by atoms with Crippen molar-refractivity contribution in [1.82, 2.24) is 14.9 Å². The summed E-state index contributed by atoms with van der Waals surface area (Å²) < 4.78 is 4.80. The molecule has 1 atom stereocenters. The molecule has 0 saturated carbocycles. The maximum Gasteiger partial charge on any atom is 0.328 e. The Kier molecular flexibility index (Phi) is 5.68. The summed E-state index contributed by atoms with van der Waals surface area (Å²) in [4.78, 5) is 32.5. The number of aromatic amines is 1. The highest BCUT2D eigenvalue weighted by molar-refractivity contribution is 5.94. The van der Waals surface area contributed by atoms with Crippen molar-refractivity contribution in [2.24, 2.45) is 0 Å². The van der Waals surface area contributed by atoms with Gasteiger partial charge in [0.2, 0.25) is 5.91 Å². The topological polar surface area (TPSA) is 75.3 Å². The van der Waals surface area contributed by atoms with Crippen LogP contribution in [0.4, 0.5) is 0 Å². The van der Waals surface area contributed by atoms with Gasteiger partial charge in [-0.05, 0) is 11.6 Å². The Labute approximate surface area is 134 Å². The van der Waals surface area contributed by atoms with Gasteiger partial charge in [-0.15, -0.1) is 0 Å². The molecule has 0 radical (unpaired) electrons. The van der Waals surface area contributed by atoms with E-state index in [1.54, 1.807) is 19.3 Å². The number of aromatic nitrogens is 2. The lowest BCUT2D eigenvalue weighted by Crippen LogP contribution is -2.43. The van der Waals surface area contributed by atoms with Crippen molar-refractivity contribution < 1.29 is 14.3 Å². The van der Waals surface area contributed by atoms with Crippen LogP contribution in [0.1, 0.15) is 11.3 Å². The number of benzene rings is 1. The Morgan fingerprint density at radius 2 is 2.09 bits per heavy atom. The first kappa shape index (κ1) is 16.5. The van der Waals surface area contributed by atoms with Gasteiger partial charge < -0.3 is 14.6 Å². The third kappa shape index (κ3) is 4.54. The van der Waals surface area contributed by atoms with Gasteiger partial charge in [0, 0.05) is 31.4 Å². The summed E-state index contributed by atoms with van der Waals surface area (Å²) in [6, 6.07) is 8.77. The molecule has 0 saturated heterocycles. The largest absolute Gasteiger partial charge is 0.467 e. The lowest BCUT2D eigenvalue weighted by molar-refractivity contribution is -0.150. The molecule has 6 nitrogen and oxygen atoms in total. The van der Waals surface area contributed by atoms with Crippen LogP contribution in [0.15, 0.2) is 48.9 Å². The van der Waals surface area contributed by atoms with E-state index in [0.29, 0.717) is 6.42 Å². The molecule has 23 heavy (non-hydrogen) atoms. The number of carbonyl (C=O) groups is 2. The van der Waals surface area contributed by atoms with Crippen LogP contribution in [0.2, 0.25) is 0 Å². The SMILES string of the molecule is COC(=O)[C@H](Cc1cnc[nH]1)N(C)C(=O)C=Cc1ccccc1. The Morgan fingerprint density at radius 3 is 2.70 bits per heavy atom. The second kappa shape index (κ2) is 7.93. The monoisotopic (exact) mass is 313 g/mol. The van der Waals surface area contributed by atoms with Crippen LogP contribution in [0.5, 0.6) is 0 Å². The number of methoxy groups -OCH3 is 1. The van der Waals surface area contributed by atoms with E-state index in [1.807, 2.05) is 30.3 Å². The summed E-state index contributed by atoms with van der Waals surface area (Å²) >= 11 is 0. The van der Waals surface area contributed by atoms with Gasteiger partial charge in [-0.2, -0.15) is 0 Å². The molecular formula is C17H19N3O3. The fraction of sp³-hybridized carbons (Fsp3) is 0.235. The number of carbonyl (C=O) groups excluding carboxylic acids is 2. The Hall–Kier alpha value is -2.89. The molecule has 0 spiro atoms. The number of imidazole rings is 1. The van der Waals surface area contributed by atoms with Crippen molar-refractivity contribution in [1.29, 1.82) is 0 Å². The highest BCUT2D eigenvalue weighted by atomic mass is 16.5. The summed E-state index contributed by atoms with van der Waals surface area (Å²) in [7, 11) is 2.88. The molecule has 120 valence electrons. The maximum atomic E-state index is 12.3. The predicted octanol–water partition coefficient (Wildman–Crippen LogP) is 1.67. The summed E-state index contributed by atoms with van der Waals surface area (Å²) in [5, 5.41) is 0. The molecule has 0 aliphatic heterocycles. The van der Waals surface area contributed by atoms with Gasteiger partial charge in [0.05, 0.1) is 13.4 Å². The number of likely N-dealkylation sites (N-methyl/N-ethyl adjacent to an activating group) is 1. The van der Waals surface area contributed by atoms with Gasteiger partial charge in [0.15, 0.2) is 0 Å². The summed E-state index contributed by atoms with van der Waals surface area (Å²) in [5.41, 5.74) is 1.67. The van der Waals surface area contributed by atoms with E-state index in [1.165, 1.54) is 24.4 Å². The van der Waals surface area contributed by atoms with Gasteiger partial charge in [-0.3, -0.25) is 4.79 Å². The van der Waals surface area contributed by atoms with Gasteiger partial charge in [0.1, 0.15) is 6.04 Å². The first-order valence-corrected chi connectivity index (χ1v) is 7.17. The van der Waals surface area contributed by atoms with Gasteiger partial charge in [0.25, 0.3) is 0 Å². The molecule has 1 N–H and O–H groups in total. The molecule has 0 aliphatic rings. The number of amides is 1. The molecule has 2 rings (SSSR count). The zero-order chi connectivity index (χ0) is 16.7. The molecule has 1 aromatic carbocycles. The lowest BCUT2D eigenvalue weighted by atomic mass is 10.1. The van der Waals surface area contributed by atoms with E-state index < -0.39 is 12.0 Å². The summed E-state index contributed by atoms with van der Waals surface area (Å²) in [5.74, 6) is -0.743. The minimum absolute atomic E-state index is 0.274. The normalized spacial score (nSPS) is 12.1. The number of rotatable bonds is 6. The molecule has 0 aliphatic carbocycles. The van der Waals surface area contributed by atoms with Crippen molar-refractivity contribution in [3.05, 3.63) is 60.2 Å². The Balaban J connectivity index is 2.09. The van der Waals surface area contributed by atoms with Crippen LogP contribution in [0.25, 0.3) is 6.08 Å². The van der Waals surface area contributed by atoms with E-state index in [0.717, 1.165) is 11.3 Å². The fourth-order valence-corrected chi connectivity index (χ4v) is 2.12. The number of nitrogens with one attached hydrogen (secondary N) is 1. The zero-order valence-corrected chi connectivity index (χ0v) is 13.1. The number of esters is 1. The van der Waals surface area contributed by atoms with E-state index >= 15 is 0 Å². The third-order valence-corrected chi connectivity index (χ3v) is 3.47. The van der Waals surface area contributed by atoms with Crippen molar-refractivity contribution in [3.8, 4) is 0 Å². The highest BCUT2D eigenvalue weighted by Crippen LogP contribution is 2.09. The lowest BCUT2D eigenvalue weighted by Gasteiger charge is -2.24. The Morgan fingerprint density at radius 1 is 1.35 bits per heavy atom. The third-order valence-electron chi connectivity index (χ3n) is 3.47. The molecule has 6 heteroatoms. The second-order valence-electron chi connectivity index (χ2n) is 5.01. The second-order valence-corrected chi connectivity index (χ2v) is 5.01. The minimum Gasteiger partial charge on any atom is -0.467 e. The van der Waals surface area contributed by atoms with E-state index in [2.05, 4.69) is 9.97 Å². The van der Waals surface area contributed by atoms with Crippen LogP contribution < -0.4 is 0 Å². The van der Waals surface area contributed by atoms with Gasteiger partial charge >= 0.3 is 5.97 Å². The molecule has 2 aromatic rings. The molecule has 0 unspecified atom stereocenters. The standard InChI is InChI=1S/C17H19N3O3/c1-20(16(21)9-8-13-6-4-3-5-7-13)15(17(22)23-2)10-14-11-18-12-19-14/h3-9,11-12,15H,10H2,1-2H3,(H,18,19)/t15-/m0/s1. The smallest absolute Gasteiger partial charge is 0.328 e. The van der Waals surface area contributed by atoms with Gasteiger partial charge in [-0.1, -0.05) is 30.3 Å². The molecule has 1 heterocycles. The Bertz CT molecular complexity index is 666. The molecule has 1 aromatic heterocycles. The van der Waals surface area contributed by atoms with Gasteiger partial charge in [-0.25, -0.2) is 9.78 Å². The highest BCUT2D eigenvalue weighted by Gasteiger charge is 2.27.